The van der Waals surface area contributed by atoms with Crippen LogP contribution in [0.3, 0.4) is 0 Å². The highest BCUT2D eigenvalue weighted by Crippen LogP contribution is 2.21. The van der Waals surface area contributed by atoms with E-state index in [1.54, 1.807) is 4.68 Å². The van der Waals surface area contributed by atoms with Crippen LogP contribution in [-0.2, 0) is 20.1 Å². The van der Waals surface area contributed by atoms with Crippen LogP contribution >= 0.6 is 11.6 Å². The van der Waals surface area contributed by atoms with Crippen molar-refractivity contribution >= 4 is 11.6 Å². The van der Waals surface area contributed by atoms with Crippen molar-refractivity contribution in [2.45, 2.75) is 20.0 Å². The summed E-state index contributed by atoms with van der Waals surface area (Å²) in [5.41, 5.74) is 8.55. The summed E-state index contributed by atoms with van der Waals surface area (Å²) in [6.45, 7) is 3.01. The number of nitrogens with zero attached hydrogens (tertiary/aromatic N) is 2. The molecule has 0 aliphatic heterocycles. The zero-order valence-electron chi connectivity index (χ0n) is 11.2. The van der Waals surface area contributed by atoms with Gasteiger partial charge in [-0.1, -0.05) is 23.7 Å². The Kier molecular flexibility index (Phi) is 4.45. The molecule has 0 spiro atoms. The van der Waals surface area contributed by atoms with Crippen LogP contribution in [0.1, 0.15) is 16.8 Å². The Morgan fingerprint density at radius 1 is 1.32 bits per heavy atom. The van der Waals surface area contributed by atoms with Gasteiger partial charge in [0.1, 0.15) is 17.5 Å². The molecular formula is C14H18ClN3O. The monoisotopic (exact) mass is 279 g/mol. The highest BCUT2D eigenvalue weighted by Gasteiger charge is 2.11. The maximum Gasteiger partial charge on any atom is 0.133 e. The lowest BCUT2D eigenvalue weighted by molar-refractivity contribution is 0.305. The van der Waals surface area contributed by atoms with E-state index in [0.717, 1.165) is 23.4 Å². The Balaban J connectivity index is 2.02. The van der Waals surface area contributed by atoms with Gasteiger partial charge < -0.3 is 10.5 Å². The van der Waals surface area contributed by atoms with Crippen molar-refractivity contribution in [3.8, 4) is 5.75 Å². The highest BCUT2D eigenvalue weighted by atomic mass is 35.5. The minimum absolute atomic E-state index is 0.425. The summed E-state index contributed by atoms with van der Waals surface area (Å²) in [7, 11) is 1.82. The minimum Gasteiger partial charge on any atom is -0.489 e. The molecule has 0 aliphatic carbocycles. The maximum absolute atomic E-state index is 6.15. The van der Waals surface area contributed by atoms with Crippen molar-refractivity contribution < 1.29 is 4.74 Å². The second-order valence-corrected chi connectivity index (χ2v) is 4.81. The molecule has 0 atom stereocenters. The standard InChI is InChI=1S/C14H18ClN3O/c1-10-13(14(15)18(2)17-10)9-19-12-5-3-11(4-6-12)7-8-16/h3-6H,7-9,16H2,1-2H3. The Morgan fingerprint density at radius 2 is 2.00 bits per heavy atom. The van der Waals surface area contributed by atoms with Crippen LogP contribution in [-0.4, -0.2) is 16.3 Å². The Morgan fingerprint density at radius 3 is 2.53 bits per heavy atom. The summed E-state index contributed by atoms with van der Waals surface area (Å²) in [6, 6.07) is 7.95. The number of aryl methyl sites for hydroxylation is 2. The van der Waals surface area contributed by atoms with Crippen LogP contribution in [0.25, 0.3) is 0 Å². The molecule has 19 heavy (non-hydrogen) atoms. The fraction of sp³-hybridized carbons (Fsp3) is 0.357. The van der Waals surface area contributed by atoms with Gasteiger partial charge in [-0.15, -0.1) is 0 Å². The SMILES string of the molecule is Cc1nn(C)c(Cl)c1COc1ccc(CCN)cc1. The summed E-state index contributed by atoms with van der Waals surface area (Å²) in [5.74, 6) is 0.820. The summed E-state index contributed by atoms with van der Waals surface area (Å²) in [4.78, 5) is 0. The van der Waals surface area contributed by atoms with Crippen molar-refractivity contribution in [2.75, 3.05) is 6.54 Å². The minimum atomic E-state index is 0.425. The fourth-order valence-corrected chi connectivity index (χ4v) is 2.14. The van der Waals surface area contributed by atoms with Gasteiger partial charge in [-0.3, -0.25) is 4.68 Å². The van der Waals surface area contributed by atoms with E-state index in [-0.39, 0.29) is 0 Å². The first-order chi connectivity index (χ1) is 9.11. The first kappa shape index (κ1) is 13.9. The molecule has 0 aliphatic rings. The van der Waals surface area contributed by atoms with E-state index in [0.29, 0.717) is 18.3 Å². The van der Waals surface area contributed by atoms with E-state index >= 15 is 0 Å². The van der Waals surface area contributed by atoms with Crippen molar-refractivity contribution in [2.24, 2.45) is 12.8 Å². The number of hydrogen-bond donors (Lipinski definition) is 1. The quantitative estimate of drug-likeness (QED) is 0.915. The number of aromatic nitrogens is 2. The van der Waals surface area contributed by atoms with Gasteiger partial charge in [-0.2, -0.15) is 5.10 Å². The molecule has 2 N–H and O–H groups in total. The molecule has 0 saturated heterocycles. The Labute approximate surface area is 118 Å². The van der Waals surface area contributed by atoms with E-state index in [4.69, 9.17) is 22.1 Å². The molecule has 1 heterocycles. The summed E-state index contributed by atoms with van der Waals surface area (Å²) >= 11 is 6.15. The van der Waals surface area contributed by atoms with Crippen LogP contribution in [0.2, 0.25) is 5.15 Å². The molecule has 2 aromatic rings. The third kappa shape index (κ3) is 3.28. The lowest BCUT2D eigenvalue weighted by Gasteiger charge is -2.07. The van der Waals surface area contributed by atoms with Crippen molar-refractivity contribution in [1.29, 1.82) is 0 Å². The van der Waals surface area contributed by atoms with Gasteiger partial charge in [-0.05, 0) is 37.6 Å². The second kappa shape index (κ2) is 6.08. The van der Waals surface area contributed by atoms with E-state index in [9.17, 15) is 0 Å². The first-order valence-electron chi connectivity index (χ1n) is 6.21. The van der Waals surface area contributed by atoms with Gasteiger partial charge in [0.2, 0.25) is 0 Å². The zero-order chi connectivity index (χ0) is 13.8. The third-order valence-corrected chi connectivity index (χ3v) is 3.48. The van der Waals surface area contributed by atoms with Crippen molar-refractivity contribution in [3.63, 3.8) is 0 Å². The molecule has 0 amide bonds. The number of benzene rings is 1. The van der Waals surface area contributed by atoms with Gasteiger partial charge >= 0.3 is 0 Å². The highest BCUT2D eigenvalue weighted by molar-refractivity contribution is 6.30. The van der Waals surface area contributed by atoms with Crippen LogP contribution in [0, 0.1) is 6.92 Å². The predicted molar refractivity (Wildman–Crippen MR) is 76.5 cm³/mol. The summed E-state index contributed by atoms with van der Waals surface area (Å²) in [5, 5.41) is 4.87. The van der Waals surface area contributed by atoms with Gasteiger partial charge in [0.05, 0.1) is 5.69 Å². The average molecular weight is 280 g/mol. The summed E-state index contributed by atoms with van der Waals surface area (Å²) < 4.78 is 7.38. The first-order valence-corrected chi connectivity index (χ1v) is 6.59. The van der Waals surface area contributed by atoms with Gasteiger partial charge in [0.15, 0.2) is 0 Å². The van der Waals surface area contributed by atoms with Crippen LogP contribution in [0.5, 0.6) is 5.75 Å². The molecule has 5 heteroatoms. The molecule has 0 bridgehead atoms. The normalized spacial score (nSPS) is 10.7. The molecule has 1 aromatic heterocycles. The number of hydrogen-bond acceptors (Lipinski definition) is 3. The molecule has 0 radical (unpaired) electrons. The third-order valence-electron chi connectivity index (χ3n) is 3.01. The maximum atomic E-state index is 6.15. The topological polar surface area (TPSA) is 53.1 Å². The zero-order valence-corrected chi connectivity index (χ0v) is 11.9. The predicted octanol–water partition coefficient (Wildman–Crippen LogP) is 2.46. The molecule has 0 fully saturated rings. The molecule has 102 valence electrons. The van der Waals surface area contributed by atoms with Crippen LogP contribution in [0.4, 0.5) is 0 Å². The molecule has 0 saturated carbocycles. The molecule has 0 unspecified atom stereocenters. The van der Waals surface area contributed by atoms with Crippen molar-refractivity contribution in [1.82, 2.24) is 9.78 Å². The summed E-state index contributed by atoms with van der Waals surface area (Å²) in [6.07, 6.45) is 0.883. The number of rotatable bonds is 5. The fourth-order valence-electron chi connectivity index (χ4n) is 1.91. The molecule has 1 aromatic carbocycles. The largest absolute Gasteiger partial charge is 0.489 e. The molecule has 2 rings (SSSR count). The van der Waals surface area contributed by atoms with E-state index < -0.39 is 0 Å². The van der Waals surface area contributed by atoms with Crippen LogP contribution in [0.15, 0.2) is 24.3 Å². The molecule has 4 nitrogen and oxygen atoms in total. The lowest BCUT2D eigenvalue weighted by atomic mass is 10.1. The van der Waals surface area contributed by atoms with Crippen molar-refractivity contribution in [3.05, 3.63) is 46.2 Å². The molecular weight excluding hydrogens is 262 g/mol. The van der Waals surface area contributed by atoms with E-state index in [1.807, 2.05) is 38.2 Å². The van der Waals surface area contributed by atoms with E-state index in [1.165, 1.54) is 5.56 Å². The van der Waals surface area contributed by atoms with E-state index in [2.05, 4.69) is 5.10 Å². The Hall–Kier alpha value is -1.52. The average Bonchev–Trinajstić information content (AvgIpc) is 2.64. The Bertz CT molecular complexity index is 549. The second-order valence-electron chi connectivity index (χ2n) is 4.45. The number of nitrogens with two attached hydrogens (primary N) is 1. The van der Waals surface area contributed by atoms with Crippen LogP contribution < -0.4 is 10.5 Å². The number of halogens is 1. The van der Waals surface area contributed by atoms with Gasteiger partial charge in [0.25, 0.3) is 0 Å². The van der Waals surface area contributed by atoms with Gasteiger partial charge in [0, 0.05) is 12.6 Å². The lowest BCUT2D eigenvalue weighted by Crippen LogP contribution is -2.02. The number of ether oxygens (including phenoxy) is 1. The van der Waals surface area contributed by atoms with Gasteiger partial charge in [-0.25, -0.2) is 0 Å². The smallest absolute Gasteiger partial charge is 0.133 e.